The maximum atomic E-state index is 12.3. The number of rotatable bonds is 4. The molecule has 0 fully saturated rings. The molecule has 0 aliphatic carbocycles. The van der Waals surface area contributed by atoms with Gasteiger partial charge in [-0.15, -0.1) is 0 Å². The van der Waals surface area contributed by atoms with Gasteiger partial charge in [0.2, 0.25) is 5.91 Å². The van der Waals surface area contributed by atoms with Gasteiger partial charge in [0.15, 0.2) is 0 Å². The minimum Gasteiger partial charge on any atom is -0.422 e. The molecule has 0 aromatic heterocycles. The van der Waals surface area contributed by atoms with E-state index in [1.54, 1.807) is 38.1 Å². The second-order valence-corrected chi connectivity index (χ2v) is 5.97. The quantitative estimate of drug-likeness (QED) is 0.690. The Morgan fingerprint density at radius 1 is 0.957 bits per heavy atom. The Hall–Kier alpha value is -2.62. The van der Waals surface area contributed by atoms with Crippen LogP contribution in [0.15, 0.2) is 36.4 Å². The minimum absolute atomic E-state index is 0.404. The van der Waals surface area contributed by atoms with Gasteiger partial charge in [0.1, 0.15) is 5.75 Å². The highest BCUT2D eigenvalue weighted by atomic mass is 16.5. The molecule has 0 radical (unpaired) electrons. The van der Waals surface area contributed by atoms with E-state index in [0.29, 0.717) is 33.9 Å². The maximum absolute atomic E-state index is 12.3. The third-order valence-corrected chi connectivity index (χ3v) is 3.75. The Morgan fingerprint density at radius 3 is 1.91 bits per heavy atom. The number of amides is 1. The summed E-state index contributed by atoms with van der Waals surface area (Å²) in [5.41, 5.74) is 8.75. The van der Waals surface area contributed by atoms with Gasteiger partial charge in [-0.25, -0.2) is 4.79 Å². The Kier molecular flexibility index (Phi) is 4.84. The van der Waals surface area contributed by atoms with Crippen LogP contribution < -0.4 is 10.5 Å². The highest BCUT2D eigenvalue weighted by Gasteiger charge is 2.15. The van der Waals surface area contributed by atoms with E-state index in [4.69, 9.17) is 10.5 Å². The summed E-state index contributed by atoms with van der Waals surface area (Å²) in [7, 11) is 0. The van der Waals surface area contributed by atoms with E-state index in [1.165, 1.54) is 5.56 Å². The predicted octanol–water partition coefficient (Wildman–Crippen LogP) is 3.74. The van der Waals surface area contributed by atoms with Crippen LogP contribution in [0.2, 0.25) is 0 Å². The van der Waals surface area contributed by atoms with Crippen molar-refractivity contribution in [2.24, 2.45) is 5.73 Å². The molecule has 120 valence electrons. The summed E-state index contributed by atoms with van der Waals surface area (Å²) in [5, 5.41) is 0. The molecule has 4 nitrogen and oxygen atoms in total. The van der Waals surface area contributed by atoms with E-state index in [2.05, 4.69) is 13.8 Å². The number of nitrogens with two attached hydrogens (primary N) is 1. The van der Waals surface area contributed by atoms with Crippen LogP contribution in [0.25, 0.3) is 0 Å². The lowest BCUT2D eigenvalue weighted by Gasteiger charge is -2.12. The molecular weight excluding hydrogens is 290 g/mol. The van der Waals surface area contributed by atoms with Gasteiger partial charge in [0, 0.05) is 5.56 Å². The molecule has 2 aromatic rings. The van der Waals surface area contributed by atoms with Crippen LogP contribution in [-0.2, 0) is 0 Å². The van der Waals surface area contributed by atoms with Crippen LogP contribution in [0, 0.1) is 13.8 Å². The van der Waals surface area contributed by atoms with Crippen molar-refractivity contribution in [1.82, 2.24) is 0 Å². The van der Waals surface area contributed by atoms with Crippen LogP contribution in [0.3, 0.4) is 0 Å². The molecule has 0 spiro atoms. The van der Waals surface area contributed by atoms with Crippen LogP contribution in [0.4, 0.5) is 0 Å². The summed E-state index contributed by atoms with van der Waals surface area (Å²) >= 11 is 0. The molecule has 2 aromatic carbocycles. The number of carbonyl (C=O) groups is 2. The minimum atomic E-state index is -0.502. The lowest BCUT2D eigenvalue weighted by molar-refractivity contribution is 0.0732. The number of esters is 1. The third kappa shape index (κ3) is 3.77. The Labute approximate surface area is 136 Å². The monoisotopic (exact) mass is 311 g/mol. The third-order valence-electron chi connectivity index (χ3n) is 3.75. The first-order valence-electron chi connectivity index (χ1n) is 7.52. The molecule has 0 bridgehead atoms. The molecule has 0 atom stereocenters. The largest absolute Gasteiger partial charge is 0.422 e. The molecule has 2 rings (SSSR count). The van der Waals surface area contributed by atoms with Crippen molar-refractivity contribution in [2.75, 3.05) is 0 Å². The molecule has 0 heterocycles. The van der Waals surface area contributed by atoms with Gasteiger partial charge in [-0.05, 0) is 60.7 Å². The summed E-state index contributed by atoms with van der Waals surface area (Å²) in [6, 6.07) is 10.6. The SMILES string of the molecule is Cc1cc(C(N)=O)cc(C)c1OC(=O)c1ccc(C(C)C)cc1. The standard InChI is InChI=1S/C19H21NO3/c1-11(2)14-5-7-15(8-6-14)19(22)23-17-12(3)9-16(18(20)21)10-13(17)4/h5-11H,1-4H3,(H2,20,21). The molecule has 0 aliphatic rings. The first-order valence-corrected chi connectivity index (χ1v) is 7.52. The molecule has 0 unspecified atom stereocenters. The highest BCUT2D eigenvalue weighted by Crippen LogP contribution is 2.26. The van der Waals surface area contributed by atoms with Gasteiger partial charge in [0.05, 0.1) is 5.56 Å². The van der Waals surface area contributed by atoms with Crippen LogP contribution in [-0.4, -0.2) is 11.9 Å². The van der Waals surface area contributed by atoms with Crippen LogP contribution in [0.5, 0.6) is 5.75 Å². The normalized spacial score (nSPS) is 10.7. The number of ether oxygens (including phenoxy) is 1. The molecule has 0 saturated carbocycles. The Balaban J connectivity index is 2.25. The fourth-order valence-corrected chi connectivity index (χ4v) is 2.41. The smallest absolute Gasteiger partial charge is 0.343 e. The van der Waals surface area contributed by atoms with Crippen molar-refractivity contribution >= 4 is 11.9 Å². The zero-order valence-electron chi connectivity index (χ0n) is 13.8. The molecule has 1 amide bonds. The fraction of sp³-hybridized carbons (Fsp3) is 0.263. The van der Waals surface area contributed by atoms with Gasteiger partial charge in [-0.1, -0.05) is 26.0 Å². The Morgan fingerprint density at radius 2 is 1.48 bits per heavy atom. The molecule has 4 heteroatoms. The van der Waals surface area contributed by atoms with Crippen LogP contribution >= 0.6 is 0 Å². The summed E-state index contributed by atoms with van der Waals surface area (Å²) in [6.07, 6.45) is 0. The summed E-state index contributed by atoms with van der Waals surface area (Å²) in [5.74, 6) is -0.0458. The van der Waals surface area contributed by atoms with Crippen molar-refractivity contribution in [3.05, 3.63) is 64.2 Å². The van der Waals surface area contributed by atoms with E-state index in [1.807, 2.05) is 12.1 Å². The average Bonchev–Trinajstić information content (AvgIpc) is 2.50. The van der Waals surface area contributed by atoms with Crippen molar-refractivity contribution in [3.8, 4) is 5.75 Å². The van der Waals surface area contributed by atoms with Crippen molar-refractivity contribution in [2.45, 2.75) is 33.6 Å². The van der Waals surface area contributed by atoms with Crippen LogP contribution in [0.1, 0.15) is 57.2 Å². The van der Waals surface area contributed by atoms with Gasteiger partial charge in [0.25, 0.3) is 0 Å². The average molecular weight is 311 g/mol. The van der Waals surface area contributed by atoms with E-state index < -0.39 is 11.9 Å². The lowest BCUT2D eigenvalue weighted by Crippen LogP contribution is -2.14. The highest BCUT2D eigenvalue weighted by molar-refractivity contribution is 5.94. The van der Waals surface area contributed by atoms with Gasteiger partial charge >= 0.3 is 5.97 Å². The molecule has 0 aliphatic heterocycles. The number of carbonyl (C=O) groups excluding carboxylic acids is 2. The van der Waals surface area contributed by atoms with Crippen molar-refractivity contribution in [1.29, 1.82) is 0 Å². The van der Waals surface area contributed by atoms with Crippen molar-refractivity contribution in [3.63, 3.8) is 0 Å². The predicted molar refractivity (Wildman–Crippen MR) is 89.9 cm³/mol. The summed E-state index contributed by atoms with van der Waals surface area (Å²) in [4.78, 5) is 23.6. The number of benzene rings is 2. The fourth-order valence-electron chi connectivity index (χ4n) is 2.41. The maximum Gasteiger partial charge on any atom is 0.343 e. The molecular formula is C19H21NO3. The zero-order valence-corrected chi connectivity index (χ0v) is 13.8. The molecule has 23 heavy (non-hydrogen) atoms. The second-order valence-electron chi connectivity index (χ2n) is 5.97. The van der Waals surface area contributed by atoms with Crippen molar-refractivity contribution < 1.29 is 14.3 Å². The first-order chi connectivity index (χ1) is 10.8. The molecule has 2 N–H and O–H groups in total. The summed E-state index contributed by atoms with van der Waals surface area (Å²) in [6.45, 7) is 7.76. The molecule has 0 saturated heterocycles. The Bertz CT molecular complexity index is 723. The second kappa shape index (κ2) is 6.65. The topological polar surface area (TPSA) is 69.4 Å². The van der Waals surface area contributed by atoms with E-state index >= 15 is 0 Å². The van der Waals surface area contributed by atoms with E-state index in [9.17, 15) is 9.59 Å². The number of primary amides is 1. The van der Waals surface area contributed by atoms with Gasteiger partial charge in [-0.3, -0.25) is 4.79 Å². The van der Waals surface area contributed by atoms with E-state index in [0.717, 1.165) is 0 Å². The van der Waals surface area contributed by atoms with E-state index in [-0.39, 0.29) is 0 Å². The number of aryl methyl sites for hydroxylation is 2. The first kappa shape index (κ1) is 16.7. The van der Waals surface area contributed by atoms with Gasteiger partial charge in [-0.2, -0.15) is 0 Å². The number of hydrogen-bond donors (Lipinski definition) is 1. The summed E-state index contributed by atoms with van der Waals surface area (Å²) < 4.78 is 5.51. The lowest BCUT2D eigenvalue weighted by atomic mass is 10.0. The zero-order chi connectivity index (χ0) is 17.1. The van der Waals surface area contributed by atoms with Gasteiger partial charge < -0.3 is 10.5 Å². The number of hydrogen-bond acceptors (Lipinski definition) is 3.